The third kappa shape index (κ3) is 8.21. The van der Waals surface area contributed by atoms with E-state index in [2.05, 4.69) is 10.6 Å². The summed E-state index contributed by atoms with van der Waals surface area (Å²) >= 11 is 5.99. The number of halogens is 2. The fraction of sp³-hybridized carbons (Fsp3) is 0.200. The van der Waals surface area contributed by atoms with Gasteiger partial charge in [0.25, 0.3) is 0 Å². The van der Waals surface area contributed by atoms with Crippen LogP contribution in [0.5, 0.6) is 0 Å². The lowest BCUT2D eigenvalue weighted by Gasteiger charge is -2.23. The van der Waals surface area contributed by atoms with Gasteiger partial charge in [0.15, 0.2) is 0 Å². The number of hydrogen-bond donors (Lipinski definition) is 2. The van der Waals surface area contributed by atoms with E-state index < -0.39 is 5.82 Å². The number of benzene rings is 3. The maximum absolute atomic E-state index is 13.4. The fourth-order valence-electron chi connectivity index (χ4n) is 3.08. The number of ether oxygens (including phenoxy) is 1. The number of carbonyl (C=O) groups excluding carboxylic acids is 2. The Balaban J connectivity index is 1.49. The number of nitrogens with one attached hydrogen (secondary N) is 2. The highest BCUT2D eigenvalue weighted by Crippen LogP contribution is 2.19. The number of urea groups is 1. The van der Waals surface area contributed by atoms with E-state index in [4.69, 9.17) is 16.3 Å². The summed E-state index contributed by atoms with van der Waals surface area (Å²) in [4.78, 5) is 26.4. The van der Waals surface area contributed by atoms with Crippen LogP contribution in [0.3, 0.4) is 0 Å². The minimum Gasteiger partial charge on any atom is -0.367 e. The largest absolute Gasteiger partial charge is 0.367 e. The Labute approximate surface area is 197 Å². The van der Waals surface area contributed by atoms with Gasteiger partial charge < -0.3 is 15.4 Å². The first-order valence-corrected chi connectivity index (χ1v) is 10.9. The van der Waals surface area contributed by atoms with Crippen molar-refractivity contribution in [2.75, 3.05) is 29.9 Å². The lowest BCUT2D eigenvalue weighted by molar-refractivity contribution is -0.126. The molecule has 3 rings (SSSR count). The van der Waals surface area contributed by atoms with Crippen molar-refractivity contribution in [2.45, 2.75) is 13.0 Å². The van der Waals surface area contributed by atoms with Gasteiger partial charge in [-0.2, -0.15) is 0 Å². The average Bonchev–Trinajstić information content (AvgIpc) is 2.80. The van der Waals surface area contributed by atoms with Crippen molar-refractivity contribution in [1.82, 2.24) is 5.32 Å². The molecule has 0 spiro atoms. The van der Waals surface area contributed by atoms with Crippen LogP contribution in [-0.4, -0.2) is 31.6 Å². The van der Waals surface area contributed by atoms with Crippen LogP contribution in [0, 0.1) is 5.82 Å². The van der Waals surface area contributed by atoms with E-state index in [1.54, 1.807) is 24.3 Å². The first kappa shape index (κ1) is 24.2. The van der Waals surface area contributed by atoms with Crippen LogP contribution in [0.4, 0.5) is 20.6 Å². The Morgan fingerprint density at radius 3 is 2.45 bits per heavy atom. The maximum atomic E-state index is 13.4. The van der Waals surface area contributed by atoms with Gasteiger partial charge in [0.1, 0.15) is 12.4 Å². The van der Waals surface area contributed by atoms with E-state index in [0.29, 0.717) is 42.5 Å². The van der Waals surface area contributed by atoms with Crippen molar-refractivity contribution < 1.29 is 18.7 Å². The monoisotopic (exact) mass is 469 g/mol. The Morgan fingerprint density at radius 2 is 1.73 bits per heavy atom. The summed E-state index contributed by atoms with van der Waals surface area (Å²) in [5.74, 6) is -0.626. The standard InChI is InChI=1S/C25H25ClFN3O3/c26-20-8-4-9-22(16-20)29-25(32)30(23-12-10-21(27)11-13-23)15-5-14-28-24(31)18-33-17-19-6-2-1-3-7-19/h1-4,6-13,16H,5,14-15,17-18H2,(H,28,31)(H,29,32). The first-order chi connectivity index (χ1) is 16.0. The van der Waals surface area contributed by atoms with Crippen LogP contribution in [0.15, 0.2) is 78.9 Å². The quantitative estimate of drug-likeness (QED) is 0.399. The van der Waals surface area contributed by atoms with Crippen LogP contribution in [0.25, 0.3) is 0 Å². The molecular weight excluding hydrogens is 445 g/mol. The zero-order valence-electron chi connectivity index (χ0n) is 18.0. The van der Waals surface area contributed by atoms with Crippen LogP contribution in [0.2, 0.25) is 5.02 Å². The molecule has 33 heavy (non-hydrogen) atoms. The zero-order valence-corrected chi connectivity index (χ0v) is 18.7. The molecule has 0 heterocycles. The van der Waals surface area contributed by atoms with Crippen molar-refractivity contribution in [2.24, 2.45) is 0 Å². The minimum absolute atomic E-state index is 0.0498. The molecule has 8 heteroatoms. The fourth-order valence-corrected chi connectivity index (χ4v) is 3.27. The maximum Gasteiger partial charge on any atom is 0.326 e. The molecule has 0 aromatic heterocycles. The second-order valence-electron chi connectivity index (χ2n) is 7.25. The number of amides is 3. The summed E-state index contributed by atoms with van der Waals surface area (Å²) in [5.41, 5.74) is 2.07. The summed E-state index contributed by atoms with van der Waals surface area (Å²) in [6.07, 6.45) is 0.491. The Morgan fingerprint density at radius 1 is 0.970 bits per heavy atom. The molecule has 3 amide bonds. The summed E-state index contributed by atoms with van der Waals surface area (Å²) in [6, 6.07) is 21.7. The van der Waals surface area contributed by atoms with Crippen LogP contribution in [0.1, 0.15) is 12.0 Å². The molecule has 0 aliphatic rings. The summed E-state index contributed by atoms with van der Waals surface area (Å²) in [5, 5.41) is 6.07. The second-order valence-corrected chi connectivity index (χ2v) is 7.69. The lowest BCUT2D eigenvalue weighted by Crippen LogP contribution is -2.38. The number of carbonyl (C=O) groups is 2. The van der Waals surface area contributed by atoms with Gasteiger partial charge in [-0.3, -0.25) is 9.69 Å². The van der Waals surface area contributed by atoms with Gasteiger partial charge in [-0.15, -0.1) is 0 Å². The molecule has 0 unspecified atom stereocenters. The van der Waals surface area contributed by atoms with Crippen molar-refractivity contribution in [3.05, 3.63) is 95.3 Å². The van der Waals surface area contributed by atoms with Gasteiger partial charge in [0, 0.05) is 29.5 Å². The van der Waals surface area contributed by atoms with E-state index in [1.807, 2.05) is 30.3 Å². The molecule has 172 valence electrons. The van der Waals surface area contributed by atoms with E-state index in [-0.39, 0.29) is 18.5 Å². The van der Waals surface area contributed by atoms with Crippen LogP contribution >= 0.6 is 11.6 Å². The SMILES string of the molecule is O=C(COCc1ccccc1)NCCCN(C(=O)Nc1cccc(Cl)c1)c1ccc(F)cc1. The van der Waals surface area contributed by atoms with Gasteiger partial charge in [-0.25, -0.2) is 9.18 Å². The van der Waals surface area contributed by atoms with Gasteiger partial charge >= 0.3 is 6.03 Å². The van der Waals surface area contributed by atoms with Gasteiger partial charge in [-0.05, 0) is 54.4 Å². The normalized spacial score (nSPS) is 10.5. The molecule has 3 aromatic carbocycles. The summed E-state index contributed by atoms with van der Waals surface area (Å²) < 4.78 is 18.8. The topological polar surface area (TPSA) is 70.7 Å². The smallest absolute Gasteiger partial charge is 0.326 e. The first-order valence-electron chi connectivity index (χ1n) is 10.5. The Kier molecular flexibility index (Phi) is 9.23. The molecule has 3 aromatic rings. The predicted octanol–water partition coefficient (Wildman–Crippen LogP) is 5.24. The molecule has 0 aliphatic heterocycles. The number of anilines is 2. The second kappa shape index (κ2) is 12.6. The van der Waals surface area contributed by atoms with Gasteiger partial charge in [-0.1, -0.05) is 48.0 Å². The molecule has 0 saturated carbocycles. The third-order valence-corrected chi connectivity index (χ3v) is 4.92. The van der Waals surface area contributed by atoms with E-state index >= 15 is 0 Å². The van der Waals surface area contributed by atoms with E-state index in [0.717, 1.165) is 5.56 Å². The van der Waals surface area contributed by atoms with Gasteiger partial charge in [0.2, 0.25) is 5.91 Å². The van der Waals surface area contributed by atoms with E-state index in [9.17, 15) is 14.0 Å². The Bertz CT molecular complexity index is 1050. The highest BCUT2D eigenvalue weighted by Gasteiger charge is 2.16. The minimum atomic E-state index is -0.392. The van der Waals surface area contributed by atoms with Crippen LogP contribution < -0.4 is 15.5 Å². The molecule has 0 fully saturated rings. The molecule has 0 bridgehead atoms. The third-order valence-electron chi connectivity index (χ3n) is 4.68. The molecular formula is C25H25ClFN3O3. The van der Waals surface area contributed by atoms with Crippen LogP contribution in [-0.2, 0) is 16.1 Å². The molecule has 0 radical (unpaired) electrons. The number of hydrogen-bond acceptors (Lipinski definition) is 3. The number of rotatable bonds is 10. The van der Waals surface area contributed by atoms with Crippen molar-refractivity contribution in [3.8, 4) is 0 Å². The van der Waals surface area contributed by atoms with Crippen molar-refractivity contribution in [3.63, 3.8) is 0 Å². The number of nitrogens with zero attached hydrogens (tertiary/aromatic N) is 1. The summed E-state index contributed by atoms with van der Waals surface area (Å²) in [7, 11) is 0. The molecule has 0 saturated heterocycles. The molecule has 0 atom stereocenters. The highest BCUT2D eigenvalue weighted by atomic mass is 35.5. The van der Waals surface area contributed by atoms with Gasteiger partial charge in [0.05, 0.1) is 6.61 Å². The molecule has 0 aliphatic carbocycles. The highest BCUT2D eigenvalue weighted by molar-refractivity contribution is 6.30. The molecule has 2 N–H and O–H groups in total. The molecule has 6 nitrogen and oxygen atoms in total. The summed E-state index contributed by atoms with van der Waals surface area (Å²) in [6.45, 7) is 0.973. The Hall–Kier alpha value is -3.42. The van der Waals surface area contributed by atoms with E-state index in [1.165, 1.54) is 29.2 Å². The lowest BCUT2D eigenvalue weighted by atomic mass is 10.2. The predicted molar refractivity (Wildman–Crippen MR) is 128 cm³/mol. The van der Waals surface area contributed by atoms with Crippen molar-refractivity contribution in [1.29, 1.82) is 0 Å². The van der Waals surface area contributed by atoms with Crippen molar-refractivity contribution >= 4 is 34.9 Å². The zero-order chi connectivity index (χ0) is 23.5. The average molecular weight is 470 g/mol.